The SMILES string of the molecule is CCc1nn(C)c(COc2cc(N)ccc2Cl)c1Br. The first-order valence-corrected chi connectivity index (χ1v) is 7.08. The lowest BCUT2D eigenvalue weighted by Crippen LogP contribution is -2.04. The Morgan fingerprint density at radius 1 is 1.47 bits per heavy atom. The van der Waals surface area contributed by atoms with Crippen LogP contribution in [0, 0.1) is 0 Å². The van der Waals surface area contributed by atoms with E-state index in [2.05, 4.69) is 28.0 Å². The van der Waals surface area contributed by atoms with Crippen molar-refractivity contribution in [1.82, 2.24) is 9.78 Å². The molecule has 2 N–H and O–H groups in total. The number of rotatable bonds is 4. The number of ether oxygens (including phenoxy) is 1. The van der Waals surface area contributed by atoms with Crippen LogP contribution in [0.2, 0.25) is 5.02 Å². The van der Waals surface area contributed by atoms with E-state index in [1.165, 1.54) is 0 Å². The van der Waals surface area contributed by atoms with Crippen molar-refractivity contribution in [3.8, 4) is 5.75 Å². The normalized spacial score (nSPS) is 10.7. The lowest BCUT2D eigenvalue weighted by molar-refractivity contribution is 0.294. The van der Waals surface area contributed by atoms with Gasteiger partial charge in [-0.15, -0.1) is 0 Å². The summed E-state index contributed by atoms with van der Waals surface area (Å²) in [6.07, 6.45) is 0.869. The molecular weight excluding hydrogens is 330 g/mol. The second-order valence-electron chi connectivity index (χ2n) is 4.16. The highest BCUT2D eigenvalue weighted by atomic mass is 79.9. The van der Waals surface area contributed by atoms with Crippen LogP contribution in [-0.2, 0) is 20.1 Å². The topological polar surface area (TPSA) is 53.1 Å². The summed E-state index contributed by atoms with van der Waals surface area (Å²) in [4.78, 5) is 0. The lowest BCUT2D eigenvalue weighted by atomic mass is 10.3. The molecule has 2 rings (SSSR count). The summed E-state index contributed by atoms with van der Waals surface area (Å²) >= 11 is 9.61. The van der Waals surface area contributed by atoms with Gasteiger partial charge in [-0.3, -0.25) is 4.68 Å². The molecule has 0 unspecified atom stereocenters. The fraction of sp³-hybridized carbons (Fsp3) is 0.308. The molecule has 0 radical (unpaired) electrons. The third kappa shape index (κ3) is 3.04. The summed E-state index contributed by atoms with van der Waals surface area (Å²) in [5.74, 6) is 0.577. The molecule has 1 heterocycles. The van der Waals surface area contributed by atoms with E-state index in [0.29, 0.717) is 23.1 Å². The van der Waals surface area contributed by atoms with Crippen molar-refractivity contribution in [2.45, 2.75) is 20.0 Å². The third-order valence-corrected chi connectivity index (χ3v) is 4.05. The molecule has 0 spiro atoms. The molecule has 0 aliphatic rings. The molecule has 0 fully saturated rings. The third-order valence-electron chi connectivity index (χ3n) is 2.82. The minimum atomic E-state index is 0.382. The van der Waals surface area contributed by atoms with Crippen molar-refractivity contribution in [2.24, 2.45) is 7.05 Å². The molecule has 0 amide bonds. The summed E-state index contributed by atoms with van der Waals surface area (Å²) in [6, 6.07) is 5.18. The maximum absolute atomic E-state index is 6.06. The van der Waals surface area contributed by atoms with Gasteiger partial charge in [0.05, 0.1) is 20.9 Å². The fourth-order valence-corrected chi connectivity index (χ4v) is 2.66. The average molecular weight is 345 g/mol. The van der Waals surface area contributed by atoms with Crippen LogP contribution < -0.4 is 10.5 Å². The van der Waals surface area contributed by atoms with E-state index in [0.717, 1.165) is 22.3 Å². The lowest BCUT2D eigenvalue weighted by Gasteiger charge is -2.09. The Balaban J connectivity index is 2.19. The standard InChI is InChI=1S/C13H15BrClN3O/c1-3-10-13(14)11(18(2)17-10)7-19-12-6-8(16)4-5-9(12)15/h4-6H,3,7,16H2,1-2H3. The number of hydrogen-bond donors (Lipinski definition) is 1. The first-order chi connectivity index (χ1) is 9.02. The van der Waals surface area contributed by atoms with Gasteiger partial charge in [-0.2, -0.15) is 5.10 Å². The van der Waals surface area contributed by atoms with Crippen LogP contribution in [0.1, 0.15) is 18.3 Å². The molecule has 0 aliphatic carbocycles. The molecule has 0 aliphatic heterocycles. The zero-order chi connectivity index (χ0) is 14.0. The molecule has 0 saturated heterocycles. The van der Waals surface area contributed by atoms with E-state index in [1.54, 1.807) is 18.2 Å². The number of nitrogens with zero attached hydrogens (tertiary/aromatic N) is 2. The van der Waals surface area contributed by atoms with Crippen molar-refractivity contribution >= 4 is 33.2 Å². The monoisotopic (exact) mass is 343 g/mol. The molecule has 1 aromatic carbocycles. The summed E-state index contributed by atoms with van der Waals surface area (Å²) in [7, 11) is 1.89. The Labute approximate surface area is 125 Å². The van der Waals surface area contributed by atoms with Crippen LogP contribution in [0.3, 0.4) is 0 Å². The minimum Gasteiger partial charge on any atom is -0.486 e. The van der Waals surface area contributed by atoms with E-state index in [9.17, 15) is 0 Å². The predicted molar refractivity (Wildman–Crippen MR) is 80.5 cm³/mol. The number of aromatic nitrogens is 2. The zero-order valence-corrected chi connectivity index (χ0v) is 13.1. The van der Waals surface area contributed by atoms with Crippen molar-refractivity contribution in [2.75, 3.05) is 5.73 Å². The number of anilines is 1. The number of nitrogen functional groups attached to an aromatic ring is 1. The van der Waals surface area contributed by atoms with Gasteiger partial charge in [0.1, 0.15) is 12.4 Å². The van der Waals surface area contributed by atoms with Gasteiger partial charge in [-0.05, 0) is 34.5 Å². The molecule has 0 bridgehead atoms. The van der Waals surface area contributed by atoms with Gasteiger partial charge in [-0.1, -0.05) is 18.5 Å². The second-order valence-corrected chi connectivity index (χ2v) is 5.36. The molecular formula is C13H15BrClN3O. The smallest absolute Gasteiger partial charge is 0.140 e. The molecule has 0 atom stereocenters. The molecule has 4 nitrogen and oxygen atoms in total. The molecule has 19 heavy (non-hydrogen) atoms. The van der Waals surface area contributed by atoms with Gasteiger partial charge in [0.25, 0.3) is 0 Å². The summed E-state index contributed by atoms with van der Waals surface area (Å²) in [5, 5.41) is 4.96. The summed E-state index contributed by atoms with van der Waals surface area (Å²) in [5.41, 5.74) is 8.32. The number of nitrogens with two attached hydrogens (primary N) is 1. The van der Waals surface area contributed by atoms with E-state index < -0.39 is 0 Å². The second kappa shape index (κ2) is 5.84. The average Bonchev–Trinajstić information content (AvgIpc) is 2.66. The number of aryl methyl sites for hydroxylation is 2. The van der Waals surface area contributed by atoms with Gasteiger partial charge in [0.2, 0.25) is 0 Å². The fourth-order valence-electron chi connectivity index (χ4n) is 1.75. The first-order valence-electron chi connectivity index (χ1n) is 5.91. The Kier molecular flexibility index (Phi) is 4.37. The highest BCUT2D eigenvalue weighted by molar-refractivity contribution is 9.10. The minimum absolute atomic E-state index is 0.382. The highest BCUT2D eigenvalue weighted by Crippen LogP contribution is 2.29. The van der Waals surface area contributed by atoms with Crippen molar-refractivity contribution in [3.05, 3.63) is 39.1 Å². The number of benzene rings is 1. The summed E-state index contributed by atoms with van der Waals surface area (Å²) in [6.45, 7) is 2.44. The van der Waals surface area contributed by atoms with Gasteiger partial charge < -0.3 is 10.5 Å². The van der Waals surface area contributed by atoms with Crippen LogP contribution in [0.5, 0.6) is 5.75 Å². The van der Waals surface area contributed by atoms with Crippen molar-refractivity contribution in [3.63, 3.8) is 0 Å². The quantitative estimate of drug-likeness (QED) is 0.863. The van der Waals surface area contributed by atoms with Gasteiger partial charge in [-0.25, -0.2) is 0 Å². The van der Waals surface area contributed by atoms with Crippen LogP contribution in [0.4, 0.5) is 5.69 Å². The molecule has 0 saturated carbocycles. The Morgan fingerprint density at radius 2 is 2.21 bits per heavy atom. The highest BCUT2D eigenvalue weighted by Gasteiger charge is 2.13. The number of halogens is 2. The number of hydrogen-bond acceptors (Lipinski definition) is 3. The zero-order valence-electron chi connectivity index (χ0n) is 10.8. The summed E-state index contributed by atoms with van der Waals surface area (Å²) < 4.78 is 8.51. The van der Waals surface area contributed by atoms with E-state index in [1.807, 2.05) is 11.7 Å². The first kappa shape index (κ1) is 14.2. The van der Waals surface area contributed by atoms with Gasteiger partial charge >= 0.3 is 0 Å². The molecule has 6 heteroatoms. The van der Waals surface area contributed by atoms with Gasteiger partial charge in [0, 0.05) is 18.8 Å². The molecule has 102 valence electrons. The van der Waals surface area contributed by atoms with Crippen molar-refractivity contribution < 1.29 is 4.74 Å². The predicted octanol–water partition coefficient (Wildman–Crippen LogP) is 3.56. The van der Waals surface area contributed by atoms with E-state index >= 15 is 0 Å². The molecule has 2 aromatic rings. The van der Waals surface area contributed by atoms with Crippen LogP contribution in [0.15, 0.2) is 22.7 Å². The largest absolute Gasteiger partial charge is 0.486 e. The van der Waals surface area contributed by atoms with E-state index in [4.69, 9.17) is 22.1 Å². The van der Waals surface area contributed by atoms with Crippen molar-refractivity contribution in [1.29, 1.82) is 0 Å². The maximum atomic E-state index is 6.06. The molecule has 1 aromatic heterocycles. The van der Waals surface area contributed by atoms with E-state index in [-0.39, 0.29) is 0 Å². The van der Waals surface area contributed by atoms with Crippen LogP contribution in [-0.4, -0.2) is 9.78 Å². The maximum Gasteiger partial charge on any atom is 0.140 e. The Hall–Kier alpha value is -1.20. The van der Waals surface area contributed by atoms with Crippen LogP contribution >= 0.6 is 27.5 Å². The van der Waals surface area contributed by atoms with Crippen LogP contribution in [0.25, 0.3) is 0 Å². The Bertz CT molecular complexity index is 598. The Morgan fingerprint density at radius 3 is 2.84 bits per heavy atom. The van der Waals surface area contributed by atoms with Gasteiger partial charge in [0.15, 0.2) is 0 Å².